The highest BCUT2D eigenvalue weighted by Gasteiger charge is 2.37. The van der Waals surface area contributed by atoms with Gasteiger partial charge in [-0.15, -0.1) is 11.8 Å². The molecule has 3 atom stereocenters. The third kappa shape index (κ3) is 6.65. The minimum atomic E-state index is -0.901. The van der Waals surface area contributed by atoms with Crippen molar-refractivity contribution in [2.24, 2.45) is 16.6 Å². The number of ether oxygens (including phenoxy) is 1. The Balaban J connectivity index is 0.00000204. The molecule has 1 heterocycles. The Bertz CT molecular complexity index is 745. The van der Waals surface area contributed by atoms with Crippen LogP contribution in [-0.4, -0.2) is 46.9 Å². The second-order valence-corrected chi connectivity index (χ2v) is 7.04. The number of nitrogens with zero attached hydrogens (tertiary/aromatic N) is 3. The molecule has 160 valence electrons. The first kappa shape index (κ1) is 24.8. The second-order valence-electron chi connectivity index (χ2n) is 6.19. The zero-order valence-electron chi connectivity index (χ0n) is 17.6. The van der Waals surface area contributed by atoms with Gasteiger partial charge in [-0.1, -0.05) is 32.9 Å². The molecule has 0 radical (unpaired) electrons. The first-order valence-corrected chi connectivity index (χ1v) is 10.7. The van der Waals surface area contributed by atoms with Crippen LogP contribution in [0.5, 0.6) is 5.75 Å². The van der Waals surface area contributed by atoms with E-state index in [-0.39, 0.29) is 23.9 Å². The van der Waals surface area contributed by atoms with Gasteiger partial charge in [0, 0.05) is 5.92 Å². The Labute approximate surface area is 177 Å². The molecule has 1 aliphatic rings. The minimum Gasteiger partial charge on any atom is -0.497 e. The van der Waals surface area contributed by atoms with Gasteiger partial charge in [0.05, 0.1) is 18.7 Å². The summed E-state index contributed by atoms with van der Waals surface area (Å²) >= 11 is 1.23. The number of benzene rings is 1. The van der Waals surface area contributed by atoms with Gasteiger partial charge in [-0.3, -0.25) is 10.4 Å². The molecule has 1 aliphatic heterocycles. The number of rotatable bonds is 6. The molecule has 3 unspecified atom stereocenters. The number of thioether (sulfide) groups is 1. The molecular formula is C20H31N5O3S. The van der Waals surface area contributed by atoms with Gasteiger partial charge in [-0.05, 0) is 30.4 Å². The summed E-state index contributed by atoms with van der Waals surface area (Å²) in [5.41, 5.74) is 9.91. The number of amidine groups is 1. The van der Waals surface area contributed by atoms with E-state index >= 15 is 0 Å². The molecule has 0 bridgehead atoms. The van der Waals surface area contributed by atoms with Crippen molar-refractivity contribution in [3.05, 3.63) is 40.4 Å². The highest BCUT2D eigenvalue weighted by Crippen LogP contribution is 2.25. The summed E-state index contributed by atoms with van der Waals surface area (Å²) in [7, 11) is 1.60. The average molecular weight is 422 g/mol. The molecule has 0 spiro atoms. The zero-order chi connectivity index (χ0) is 22.0. The van der Waals surface area contributed by atoms with E-state index in [1.54, 1.807) is 13.4 Å². The maximum absolute atomic E-state index is 10.3. The molecule has 2 rings (SSSR count). The number of nitriles is 1. The van der Waals surface area contributed by atoms with Crippen LogP contribution in [0.1, 0.15) is 32.8 Å². The molecule has 1 aromatic rings. The van der Waals surface area contributed by atoms with E-state index in [0.29, 0.717) is 11.4 Å². The molecule has 9 heteroatoms. The van der Waals surface area contributed by atoms with Crippen LogP contribution in [0, 0.1) is 17.2 Å². The Morgan fingerprint density at radius 1 is 1.38 bits per heavy atom. The monoisotopic (exact) mass is 421 g/mol. The van der Waals surface area contributed by atoms with Crippen molar-refractivity contribution in [2.45, 2.75) is 46.2 Å². The molecular weight excluding hydrogens is 390 g/mol. The summed E-state index contributed by atoms with van der Waals surface area (Å²) in [6.45, 7) is 6.12. The van der Waals surface area contributed by atoms with E-state index in [0.717, 1.165) is 11.3 Å². The number of hydrazine groups is 1. The van der Waals surface area contributed by atoms with Gasteiger partial charge in [0.15, 0.2) is 5.84 Å². The first-order valence-electron chi connectivity index (χ1n) is 9.44. The van der Waals surface area contributed by atoms with Crippen LogP contribution < -0.4 is 15.9 Å². The lowest BCUT2D eigenvalue weighted by molar-refractivity contribution is -0.0792. The standard InChI is InChI=1S/C18H25N5O3S.C2H6/c1-11-8-15(24)23(18(11)25)22-17(14(9-19)16(20)27-3)21-10-12-4-6-13(26-2)7-5-12;1-2/h4-7,11,15,18,24-25H,8,10,20H2,1-3H3,(H,21,22);1-2H3/b16-14+;. The van der Waals surface area contributed by atoms with E-state index < -0.39 is 12.5 Å². The molecule has 1 fully saturated rings. The number of nitrogens with one attached hydrogen (secondary N) is 1. The van der Waals surface area contributed by atoms with Gasteiger partial charge >= 0.3 is 0 Å². The van der Waals surface area contributed by atoms with Crippen LogP contribution in [0.25, 0.3) is 0 Å². The van der Waals surface area contributed by atoms with Crippen LogP contribution in [0.2, 0.25) is 0 Å². The highest BCUT2D eigenvalue weighted by molar-refractivity contribution is 8.02. The number of nitrogens with two attached hydrogens (primary N) is 1. The summed E-state index contributed by atoms with van der Waals surface area (Å²) in [5, 5.41) is 31.6. The van der Waals surface area contributed by atoms with Gasteiger partial charge in [-0.2, -0.15) is 10.3 Å². The number of hydrogen-bond acceptors (Lipinski definition) is 8. The predicted octanol–water partition coefficient (Wildman–Crippen LogP) is 2.16. The number of aliphatic hydroxyl groups is 2. The van der Waals surface area contributed by atoms with Crippen LogP contribution in [-0.2, 0) is 6.54 Å². The van der Waals surface area contributed by atoms with Crippen molar-refractivity contribution in [3.8, 4) is 11.8 Å². The van der Waals surface area contributed by atoms with Crippen molar-refractivity contribution < 1.29 is 14.9 Å². The molecule has 1 aromatic carbocycles. The number of aliphatic hydroxyl groups excluding tert-OH is 2. The lowest BCUT2D eigenvalue weighted by Crippen LogP contribution is -2.50. The summed E-state index contributed by atoms with van der Waals surface area (Å²) < 4.78 is 5.14. The summed E-state index contributed by atoms with van der Waals surface area (Å²) in [6.07, 6.45) is 0.372. The lowest BCUT2D eigenvalue weighted by atomic mass is 10.1. The molecule has 8 nitrogen and oxygen atoms in total. The Hall–Kier alpha value is -2.25. The van der Waals surface area contributed by atoms with Crippen LogP contribution in [0.15, 0.2) is 39.9 Å². The van der Waals surface area contributed by atoms with Crippen molar-refractivity contribution in [1.29, 1.82) is 5.26 Å². The van der Waals surface area contributed by atoms with Gasteiger partial charge < -0.3 is 20.7 Å². The van der Waals surface area contributed by atoms with Crippen molar-refractivity contribution in [3.63, 3.8) is 0 Å². The van der Waals surface area contributed by atoms with Crippen LogP contribution in [0.4, 0.5) is 0 Å². The maximum atomic E-state index is 10.3. The van der Waals surface area contributed by atoms with Crippen molar-refractivity contribution >= 4 is 17.6 Å². The van der Waals surface area contributed by atoms with Gasteiger partial charge in [-0.25, -0.2) is 0 Å². The molecule has 0 amide bonds. The lowest BCUT2D eigenvalue weighted by Gasteiger charge is -2.27. The number of aliphatic imine (C=N–C) groups is 1. The van der Waals surface area contributed by atoms with Crippen molar-refractivity contribution in [1.82, 2.24) is 10.4 Å². The Morgan fingerprint density at radius 2 is 2.00 bits per heavy atom. The highest BCUT2D eigenvalue weighted by atomic mass is 32.2. The van der Waals surface area contributed by atoms with Crippen LogP contribution >= 0.6 is 11.8 Å². The van der Waals surface area contributed by atoms with E-state index in [2.05, 4.69) is 16.5 Å². The molecule has 5 N–H and O–H groups in total. The number of hydrogen-bond donors (Lipinski definition) is 4. The quantitative estimate of drug-likeness (QED) is 0.313. The topological polar surface area (TPSA) is 127 Å². The SMILES string of the molecule is CC.COc1ccc(CN=C(NN2C(O)CC(C)C2O)/C(C#N)=C(\N)SC)cc1. The molecule has 0 saturated carbocycles. The molecule has 29 heavy (non-hydrogen) atoms. The van der Waals surface area contributed by atoms with Gasteiger partial charge in [0.1, 0.15) is 29.8 Å². The smallest absolute Gasteiger partial charge is 0.156 e. The van der Waals surface area contributed by atoms with E-state index in [1.165, 1.54) is 16.8 Å². The fraction of sp³-hybridized carbons (Fsp3) is 0.500. The fourth-order valence-corrected chi connectivity index (χ4v) is 3.03. The number of methoxy groups -OCH3 is 1. The average Bonchev–Trinajstić information content (AvgIpc) is 2.99. The summed E-state index contributed by atoms with van der Waals surface area (Å²) in [6, 6.07) is 9.44. The third-order valence-electron chi connectivity index (χ3n) is 4.33. The second kappa shape index (κ2) is 12.3. The Morgan fingerprint density at radius 3 is 2.45 bits per heavy atom. The van der Waals surface area contributed by atoms with E-state index in [4.69, 9.17) is 10.5 Å². The van der Waals surface area contributed by atoms with E-state index in [1.807, 2.05) is 45.0 Å². The molecule has 0 aromatic heterocycles. The minimum absolute atomic E-state index is 0.122. The largest absolute Gasteiger partial charge is 0.497 e. The Kier molecular flexibility index (Phi) is 10.5. The zero-order valence-corrected chi connectivity index (χ0v) is 18.4. The van der Waals surface area contributed by atoms with Crippen LogP contribution in [0.3, 0.4) is 0 Å². The van der Waals surface area contributed by atoms with Gasteiger partial charge in [0.2, 0.25) is 0 Å². The summed E-state index contributed by atoms with van der Waals surface area (Å²) in [5.74, 6) is 0.817. The van der Waals surface area contributed by atoms with Crippen molar-refractivity contribution in [2.75, 3.05) is 13.4 Å². The summed E-state index contributed by atoms with van der Waals surface area (Å²) in [4.78, 5) is 4.47. The van der Waals surface area contributed by atoms with E-state index in [9.17, 15) is 15.5 Å². The van der Waals surface area contributed by atoms with Gasteiger partial charge in [0.25, 0.3) is 0 Å². The molecule has 1 saturated heterocycles. The first-order chi connectivity index (χ1) is 13.9. The fourth-order valence-electron chi connectivity index (χ4n) is 2.68. The third-order valence-corrected chi connectivity index (χ3v) is 4.97. The maximum Gasteiger partial charge on any atom is 0.156 e. The normalized spacial score (nSPS) is 22.8. The molecule has 0 aliphatic carbocycles. The predicted molar refractivity (Wildman–Crippen MR) is 117 cm³/mol.